The van der Waals surface area contributed by atoms with Gasteiger partial charge in [0, 0.05) is 7.05 Å². The van der Waals surface area contributed by atoms with Crippen molar-refractivity contribution in [2.24, 2.45) is 5.73 Å². The van der Waals surface area contributed by atoms with Crippen LogP contribution in [0.5, 0.6) is 5.75 Å². The molecule has 96 valence electrons. The molecule has 0 saturated carbocycles. The van der Waals surface area contributed by atoms with Crippen molar-refractivity contribution in [1.82, 2.24) is 0 Å². The Balaban J connectivity index is 2.45. The second-order valence-corrected chi connectivity index (χ2v) is 3.99. The highest BCUT2D eigenvalue weighted by molar-refractivity contribution is 6.00. The Morgan fingerprint density at radius 1 is 1.56 bits per heavy atom. The number of carbonyl (C=O) groups excluding carboxylic acids is 2. The Bertz CT molecular complexity index is 501. The lowest BCUT2D eigenvalue weighted by atomic mass is 10.1. The summed E-state index contributed by atoms with van der Waals surface area (Å²) in [5.41, 5.74) is 6.53. The summed E-state index contributed by atoms with van der Waals surface area (Å²) < 4.78 is 10.1. The molecular weight excluding hydrogens is 236 g/mol. The normalized spacial score (nSPS) is 18.7. The lowest BCUT2D eigenvalue weighted by molar-refractivity contribution is -0.119. The molecule has 1 aliphatic rings. The zero-order chi connectivity index (χ0) is 13.3. The molecule has 0 fully saturated rings. The lowest BCUT2D eigenvalue weighted by Crippen LogP contribution is -2.43. The Kier molecular flexibility index (Phi) is 3.20. The van der Waals surface area contributed by atoms with Crippen molar-refractivity contribution in [3.05, 3.63) is 23.8 Å². The molecule has 1 aliphatic heterocycles. The van der Waals surface area contributed by atoms with Gasteiger partial charge in [-0.1, -0.05) is 0 Å². The van der Waals surface area contributed by atoms with Gasteiger partial charge in [0.1, 0.15) is 18.4 Å². The van der Waals surface area contributed by atoms with Gasteiger partial charge in [-0.3, -0.25) is 4.79 Å². The third kappa shape index (κ3) is 2.02. The van der Waals surface area contributed by atoms with E-state index in [1.165, 1.54) is 12.0 Å². The van der Waals surface area contributed by atoms with Crippen LogP contribution in [0.1, 0.15) is 10.4 Å². The predicted octanol–water partition coefficient (Wildman–Crippen LogP) is 0.156. The zero-order valence-corrected chi connectivity index (χ0v) is 10.2. The largest absolute Gasteiger partial charge is 0.489 e. The van der Waals surface area contributed by atoms with E-state index in [1.54, 1.807) is 25.2 Å². The van der Waals surface area contributed by atoms with Crippen LogP contribution in [0.4, 0.5) is 5.69 Å². The van der Waals surface area contributed by atoms with Gasteiger partial charge in [-0.25, -0.2) is 4.79 Å². The van der Waals surface area contributed by atoms with E-state index >= 15 is 0 Å². The number of esters is 1. The van der Waals surface area contributed by atoms with Crippen LogP contribution in [0.25, 0.3) is 0 Å². The van der Waals surface area contributed by atoms with Crippen LogP contribution in [0, 0.1) is 0 Å². The van der Waals surface area contributed by atoms with Crippen molar-refractivity contribution in [2.45, 2.75) is 6.04 Å². The molecule has 1 atom stereocenters. The van der Waals surface area contributed by atoms with Crippen molar-refractivity contribution >= 4 is 17.6 Å². The molecule has 0 radical (unpaired) electrons. The van der Waals surface area contributed by atoms with Crippen LogP contribution in [-0.2, 0) is 9.53 Å². The number of nitrogens with two attached hydrogens (primary N) is 1. The molecule has 18 heavy (non-hydrogen) atoms. The lowest BCUT2D eigenvalue weighted by Gasteiger charge is -2.18. The summed E-state index contributed by atoms with van der Waals surface area (Å²) >= 11 is 0. The Morgan fingerprint density at radius 2 is 2.28 bits per heavy atom. The first-order chi connectivity index (χ1) is 8.54. The quantitative estimate of drug-likeness (QED) is 0.718. The number of nitrogens with zero attached hydrogens (tertiary/aromatic N) is 1. The van der Waals surface area contributed by atoms with Gasteiger partial charge in [0.2, 0.25) is 5.91 Å². The summed E-state index contributed by atoms with van der Waals surface area (Å²) in [6, 6.07) is 4.06. The molecule has 0 aromatic heterocycles. The first-order valence-corrected chi connectivity index (χ1v) is 5.43. The van der Waals surface area contributed by atoms with Gasteiger partial charge < -0.3 is 20.1 Å². The fraction of sp³-hybridized carbons (Fsp3) is 0.333. The van der Waals surface area contributed by atoms with Crippen LogP contribution < -0.4 is 15.4 Å². The molecule has 1 aromatic carbocycles. The number of benzene rings is 1. The molecule has 1 amide bonds. The molecule has 2 N–H and O–H groups in total. The summed E-state index contributed by atoms with van der Waals surface area (Å²) in [4.78, 5) is 24.7. The zero-order valence-electron chi connectivity index (χ0n) is 10.2. The summed E-state index contributed by atoms with van der Waals surface area (Å²) in [7, 11) is 2.89. The molecular formula is C12H14N2O4. The van der Waals surface area contributed by atoms with Crippen molar-refractivity contribution in [3.63, 3.8) is 0 Å². The van der Waals surface area contributed by atoms with Crippen molar-refractivity contribution in [3.8, 4) is 5.75 Å². The number of amides is 1. The van der Waals surface area contributed by atoms with Gasteiger partial charge in [-0.15, -0.1) is 0 Å². The van der Waals surface area contributed by atoms with Crippen molar-refractivity contribution in [1.29, 1.82) is 0 Å². The maximum atomic E-state index is 11.9. The molecule has 1 aromatic rings. The van der Waals surface area contributed by atoms with Crippen LogP contribution in [0.2, 0.25) is 0 Å². The van der Waals surface area contributed by atoms with Gasteiger partial charge in [0.15, 0.2) is 0 Å². The summed E-state index contributed by atoms with van der Waals surface area (Å²) in [5.74, 6) is -0.200. The maximum absolute atomic E-state index is 11.9. The first-order valence-electron chi connectivity index (χ1n) is 5.43. The Labute approximate surface area is 104 Å². The van der Waals surface area contributed by atoms with Gasteiger partial charge in [0.05, 0.1) is 18.4 Å². The predicted molar refractivity (Wildman–Crippen MR) is 64.7 cm³/mol. The molecule has 6 heteroatoms. The highest BCUT2D eigenvalue weighted by Crippen LogP contribution is 2.31. The Hall–Kier alpha value is -2.08. The number of anilines is 1. The summed E-state index contributed by atoms with van der Waals surface area (Å²) in [6.45, 7) is 0.119. The average molecular weight is 250 g/mol. The number of carbonyl (C=O) groups is 2. The van der Waals surface area contributed by atoms with E-state index in [4.69, 9.17) is 10.5 Å². The molecule has 0 bridgehead atoms. The molecule has 0 aliphatic carbocycles. The molecule has 0 spiro atoms. The highest BCUT2D eigenvalue weighted by atomic mass is 16.5. The smallest absolute Gasteiger partial charge is 0.337 e. The fourth-order valence-corrected chi connectivity index (χ4v) is 1.76. The van der Waals surface area contributed by atoms with Gasteiger partial charge in [-0.05, 0) is 18.2 Å². The monoisotopic (exact) mass is 250 g/mol. The molecule has 6 nitrogen and oxygen atoms in total. The number of ether oxygens (including phenoxy) is 2. The van der Waals surface area contributed by atoms with Crippen molar-refractivity contribution < 1.29 is 19.1 Å². The van der Waals surface area contributed by atoms with Crippen LogP contribution in [0.15, 0.2) is 18.2 Å². The van der Waals surface area contributed by atoms with E-state index in [0.29, 0.717) is 17.0 Å². The minimum atomic E-state index is -0.705. The molecule has 2 rings (SSSR count). The topological polar surface area (TPSA) is 81.9 Å². The first kappa shape index (κ1) is 12.4. The number of methoxy groups -OCH3 is 1. The average Bonchev–Trinajstić information content (AvgIpc) is 2.50. The molecule has 1 heterocycles. The number of hydrogen-bond donors (Lipinski definition) is 1. The maximum Gasteiger partial charge on any atom is 0.337 e. The van der Waals surface area contributed by atoms with Gasteiger partial charge >= 0.3 is 5.97 Å². The number of rotatable bonds is 1. The third-order valence-corrected chi connectivity index (χ3v) is 2.81. The van der Waals surface area contributed by atoms with E-state index in [1.807, 2.05) is 0 Å². The fourth-order valence-electron chi connectivity index (χ4n) is 1.76. The van der Waals surface area contributed by atoms with Gasteiger partial charge in [0.25, 0.3) is 0 Å². The Morgan fingerprint density at radius 3 is 2.94 bits per heavy atom. The number of likely N-dealkylation sites (N-methyl/N-ethyl adjacent to an activating group) is 1. The summed E-state index contributed by atoms with van der Waals surface area (Å²) in [6.07, 6.45) is 0. The van der Waals surface area contributed by atoms with Crippen LogP contribution >= 0.6 is 0 Å². The van der Waals surface area contributed by atoms with E-state index in [-0.39, 0.29) is 12.5 Å². The second-order valence-electron chi connectivity index (χ2n) is 3.99. The van der Waals surface area contributed by atoms with E-state index in [2.05, 4.69) is 4.74 Å². The standard InChI is InChI=1S/C12H14N2O4/c1-14-9-5-7(12(16)17-2)3-4-10(9)18-6-8(13)11(14)15/h3-5,8H,6,13H2,1-2H3/t8-/m0/s1. The minimum Gasteiger partial charge on any atom is -0.489 e. The van der Waals surface area contributed by atoms with Crippen LogP contribution in [0.3, 0.4) is 0 Å². The number of fused-ring (bicyclic) bond motifs is 1. The molecule has 0 saturated heterocycles. The molecule has 0 unspecified atom stereocenters. The van der Waals surface area contributed by atoms with E-state index in [9.17, 15) is 9.59 Å². The second kappa shape index (κ2) is 4.66. The third-order valence-electron chi connectivity index (χ3n) is 2.81. The van der Waals surface area contributed by atoms with Crippen molar-refractivity contribution in [2.75, 3.05) is 25.7 Å². The van der Waals surface area contributed by atoms with E-state index in [0.717, 1.165) is 0 Å². The SMILES string of the molecule is COC(=O)c1ccc2c(c1)N(C)C(=O)[C@@H](N)CO2. The highest BCUT2D eigenvalue weighted by Gasteiger charge is 2.27. The number of hydrogen-bond acceptors (Lipinski definition) is 5. The summed E-state index contributed by atoms with van der Waals surface area (Å²) in [5, 5.41) is 0. The van der Waals surface area contributed by atoms with Gasteiger partial charge in [-0.2, -0.15) is 0 Å². The van der Waals surface area contributed by atoms with Crippen LogP contribution in [-0.4, -0.2) is 38.7 Å². The van der Waals surface area contributed by atoms with E-state index < -0.39 is 12.0 Å². The minimum absolute atomic E-state index is 0.119.